The monoisotopic (exact) mass is 226 g/mol. The van der Waals surface area contributed by atoms with E-state index in [9.17, 15) is 9.90 Å². The molecule has 0 aliphatic heterocycles. The topological polar surface area (TPSA) is 46.5 Å². The molecule has 4 heteroatoms. The van der Waals surface area contributed by atoms with Gasteiger partial charge in [0.25, 0.3) is 0 Å². The number of alkyl halides is 1. The summed E-state index contributed by atoms with van der Waals surface area (Å²) in [7, 11) is 0. The van der Waals surface area contributed by atoms with Crippen LogP contribution in [0.4, 0.5) is 0 Å². The first kappa shape index (κ1) is 11.6. The van der Waals surface area contributed by atoms with Gasteiger partial charge in [-0.05, 0) is 24.1 Å². The van der Waals surface area contributed by atoms with Crippen molar-refractivity contribution in [1.82, 2.24) is 0 Å². The molecule has 0 aromatic heterocycles. The van der Waals surface area contributed by atoms with Crippen molar-refractivity contribution in [2.75, 3.05) is 5.88 Å². The molecule has 1 aromatic rings. The summed E-state index contributed by atoms with van der Waals surface area (Å²) in [4.78, 5) is 10.9. The molecule has 0 heterocycles. The van der Waals surface area contributed by atoms with Crippen molar-refractivity contribution in [2.24, 2.45) is 0 Å². The lowest BCUT2D eigenvalue weighted by molar-refractivity contribution is -0.131. The van der Waals surface area contributed by atoms with E-state index >= 15 is 0 Å². The Balaban J connectivity index is 2.83. The summed E-state index contributed by atoms with van der Waals surface area (Å²) >= 11 is 5.27. The minimum atomic E-state index is -0.594. The SMILES string of the molecule is C=CCc1ccc(OC(=O)CCl)c(O)c1. The summed E-state index contributed by atoms with van der Waals surface area (Å²) in [6.07, 6.45) is 2.37. The fourth-order valence-electron chi connectivity index (χ4n) is 1.09. The number of phenolic OH excluding ortho intramolecular Hbond substituents is 1. The number of aromatic hydroxyl groups is 1. The standard InChI is InChI=1S/C11H11ClO3/c1-2-3-8-4-5-10(9(13)6-8)15-11(14)7-12/h2,4-6,13H,1,3,7H2. The predicted molar refractivity (Wildman–Crippen MR) is 58.4 cm³/mol. The van der Waals surface area contributed by atoms with Crippen molar-refractivity contribution in [1.29, 1.82) is 0 Å². The zero-order valence-electron chi connectivity index (χ0n) is 8.07. The molecule has 0 bridgehead atoms. The molecule has 0 aliphatic carbocycles. The van der Waals surface area contributed by atoms with Crippen molar-refractivity contribution in [2.45, 2.75) is 6.42 Å². The number of carbonyl (C=O) groups excluding carboxylic acids is 1. The van der Waals surface area contributed by atoms with E-state index in [-0.39, 0.29) is 17.4 Å². The highest BCUT2D eigenvalue weighted by atomic mass is 35.5. The van der Waals surface area contributed by atoms with Crippen LogP contribution in [-0.4, -0.2) is 17.0 Å². The number of phenols is 1. The third-order valence-electron chi connectivity index (χ3n) is 1.74. The maximum atomic E-state index is 10.9. The Bertz CT molecular complexity index is 374. The quantitative estimate of drug-likeness (QED) is 0.371. The maximum absolute atomic E-state index is 10.9. The second-order valence-electron chi connectivity index (χ2n) is 2.90. The largest absolute Gasteiger partial charge is 0.504 e. The lowest BCUT2D eigenvalue weighted by atomic mass is 10.1. The van der Waals surface area contributed by atoms with Crippen LogP contribution in [0.5, 0.6) is 11.5 Å². The minimum Gasteiger partial charge on any atom is -0.504 e. The second kappa shape index (κ2) is 5.41. The summed E-state index contributed by atoms with van der Waals surface area (Å²) in [6.45, 7) is 3.59. The zero-order chi connectivity index (χ0) is 11.3. The van der Waals surface area contributed by atoms with Crippen LogP contribution in [0.1, 0.15) is 5.56 Å². The second-order valence-corrected chi connectivity index (χ2v) is 3.17. The first-order valence-corrected chi connectivity index (χ1v) is 4.90. The number of esters is 1. The van der Waals surface area contributed by atoms with Crippen LogP contribution in [-0.2, 0) is 11.2 Å². The van der Waals surface area contributed by atoms with E-state index in [1.54, 1.807) is 12.1 Å². The van der Waals surface area contributed by atoms with Crippen molar-refractivity contribution >= 4 is 17.6 Å². The number of benzene rings is 1. The maximum Gasteiger partial charge on any atom is 0.326 e. The van der Waals surface area contributed by atoms with Crippen LogP contribution >= 0.6 is 11.6 Å². The molecule has 0 unspecified atom stereocenters. The Morgan fingerprint density at radius 1 is 1.60 bits per heavy atom. The third kappa shape index (κ3) is 3.29. The average molecular weight is 227 g/mol. The molecule has 0 amide bonds. The predicted octanol–water partition coefficient (Wildman–Crippen LogP) is 2.26. The molecule has 0 radical (unpaired) electrons. The molecule has 3 nitrogen and oxygen atoms in total. The van der Waals surface area contributed by atoms with E-state index in [0.29, 0.717) is 6.42 Å². The molecule has 0 atom stereocenters. The number of ether oxygens (including phenoxy) is 1. The fourth-order valence-corrected chi connectivity index (χ4v) is 1.15. The van der Waals surface area contributed by atoms with Crippen LogP contribution in [0.25, 0.3) is 0 Å². The smallest absolute Gasteiger partial charge is 0.326 e. The van der Waals surface area contributed by atoms with Gasteiger partial charge in [-0.1, -0.05) is 12.1 Å². The van der Waals surface area contributed by atoms with E-state index < -0.39 is 5.97 Å². The summed E-state index contributed by atoms with van der Waals surface area (Å²) < 4.78 is 4.78. The Morgan fingerprint density at radius 3 is 2.87 bits per heavy atom. The normalized spacial score (nSPS) is 9.67. The molecular formula is C11H11ClO3. The van der Waals surface area contributed by atoms with Crippen LogP contribution in [0, 0.1) is 0 Å². The molecule has 1 aromatic carbocycles. The van der Waals surface area contributed by atoms with Gasteiger partial charge in [0.15, 0.2) is 11.5 Å². The van der Waals surface area contributed by atoms with Crippen LogP contribution < -0.4 is 4.74 Å². The Labute approximate surface area is 92.9 Å². The van der Waals surface area contributed by atoms with Gasteiger partial charge in [0.05, 0.1) is 0 Å². The molecule has 1 N–H and O–H groups in total. The van der Waals surface area contributed by atoms with E-state index in [2.05, 4.69) is 6.58 Å². The van der Waals surface area contributed by atoms with E-state index in [0.717, 1.165) is 5.56 Å². The van der Waals surface area contributed by atoms with Gasteiger partial charge < -0.3 is 9.84 Å². The summed E-state index contributed by atoms with van der Waals surface area (Å²) in [5.41, 5.74) is 0.896. The summed E-state index contributed by atoms with van der Waals surface area (Å²) in [5, 5.41) is 9.51. The van der Waals surface area contributed by atoms with Crippen molar-refractivity contribution < 1.29 is 14.6 Å². The van der Waals surface area contributed by atoms with Gasteiger partial charge in [-0.2, -0.15) is 0 Å². The van der Waals surface area contributed by atoms with Gasteiger partial charge in [-0.25, -0.2) is 0 Å². The minimum absolute atomic E-state index is 0.0761. The average Bonchev–Trinajstić information content (AvgIpc) is 2.22. The molecular weight excluding hydrogens is 216 g/mol. The van der Waals surface area contributed by atoms with Gasteiger partial charge in [-0.15, -0.1) is 18.2 Å². The number of allylic oxidation sites excluding steroid dienone is 1. The molecule has 80 valence electrons. The lowest BCUT2D eigenvalue weighted by Gasteiger charge is -2.05. The zero-order valence-corrected chi connectivity index (χ0v) is 8.83. The van der Waals surface area contributed by atoms with Gasteiger partial charge in [-0.3, -0.25) is 4.79 Å². The van der Waals surface area contributed by atoms with Gasteiger partial charge >= 0.3 is 5.97 Å². The molecule has 15 heavy (non-hydrogen) atoms. The highest BCUT2D eigenvalue weighted by Crippen LogP contribution is 2.27. The number of hydrogen-bond donors (Lipinski definition) is 1. The lowest BCUT2D eigenvalue weighted by Crippen LogP contribution is -2.08. The van der Waals surface area contributed by atoms with Crippen molar-refractivity contribution in [3.8, 4) is 11.5 Å². The molecule has 0 saturated heterocycles. The highest BCUT2D eigenvalue weighted by molar-refractivity contribution is 6.26. The Hall–Kier alpha value is -1.48. The third-order valence-corrected chi connectivity index (χ3v) is 1.95. The Kier molecular flexibility index (Phi) is 4.18. The molecule has 0 fully saturated rings. The number of carbonyl (C=O) groups is 1. The molecule has 0 saturated carbocycles. The van der Waals surface area contributed by atoms with Crippen LogP contribution in [0.3, 0.4) is 0 Å². The van der Waals surface area contributed by atoms with Crippen LogP contribution in [0.2, 0.25) is 0 Å². The van der Waals surface area contributed by atoms with Crippen LogP contribution in [0.15, 0.2) is 30.9 Å². The molecule has 0 spiro atoms. The van der Waals surface area contributed by atoms with Gasteiger partial charge in [0.1, 0.15) is 5.88 Å². The van der Waals surface area contributed by atoms with E-state index in [1.807, 2.05) is 0 Å². The number of halogens is 1. The highest BCUT2D eigenvalue weighted by Gasteiger charge is 2.07. The number of hydrogen-bond acceptors (Lipinski definition) is 3. The van der Waals surface area contributed by atoms with Crippen molar-refractivity contribution in [3.63, 3.8) is 0 Å². The Morgan fingerprint density at radius 2 is 2.33 bits per heavy atom. The van der Waals surface area contributed by atoms with Crippen molar-refractivity contribution in [3.05, 3.63) is 36.4 Å². The first-order valence-electron chi connectivity index (χ1n) is 4.36. The molecule has 0 aliphatic rings. The first-order chi connectivity index (χ1) is 7.17. The number of rotatable bonds is 4. The van der Waals surface area contributed by atoms with Gasteiger partial charge in [0, 0.05) is 0 Å². The van der Waals surface area contributed by atoms with E-state index in [4.69, 9.17) is 16.3 Å². The van der Waals surface area contributed by atoms with Gasteiger partial charge in [0.2, 0.25) is 0 Å². The summed E-state index contributed by atoms with van der Waals surface area (Å²) in [5.74, 6) is -0.793. The van der Waals surface area contributed by atoms with E-state index in [1.165, 1.54) is 12.1 Å². The summed E-state index contributed by atoms with van der Waals surface area (Å²) in [6, 6.07) is 4.80. The molecule has 1 rings (SSSR count). The fraction of sp³-hybridized carbons (Fsp3) is 0.182.